The second-order valence-electron chi connectivity index (χ2n) is 5.37. The molecule has 1 atom stereocenters. The number of rotatable bonds is 8. The van der Waals surface area contributed by atoms with Crippen LogP contribution in [0.15, 0.2) is 12.1 Å². The lowest BCUT2D eigenvalue weighted by atomic mass is 9.94. The van der Waals surface area contributed by atoms with Gasteiger partial charge in [0.2, 0.25) is 0 Å². The van der Waals surface area contributed by atoms with Gasteiger partial charge in [0.15, 0.2) is 0 Å². The Kier molecular flexibility index (Phi) is 6.93. The van der Waals surface area contributed by atoms with Crippen LogP contribution in [-0.2, 0) is 0 Å². The van der Waals surface area contributed by atoms with E-state index in [4.69, 9.17) is 4.74 Å². The van der Waals surface area contributed by atoms with Crippen LogP contribution in [0, 0.1) is 13.8 Å². The maximum absolute atomic E-state index is 5.39. The molecule has 0 aliphatic rings. The van der Waals surface area contributed by atoms with E-state index in [1.165, 1.54) is 48.8 Å². The molecule has 0 amide bonds. The van der Waals surface area contributed by atoms with Crippen molar-refractivity contribution in [1.29, 1.82) is 0 Å². The highest BCUT2D eigenvalue weighted by molar-refractivity contribution is 5.42. The highest BCUT2D eigenvalue weighted by Crippen LogP contribution is 2.29. The first-order valence-corrected chi connectivity index (χ1v) is 7.46. The topological polar surface area (TPSA) is 21.3 Å². The molecule has 0 heterocycles. The summed E-state index contributed by atoms with van der Waals surface area (Å²) >= 11 is 0. The lowest BCUT2D eigenvalue weighted by Gasteiger charge is -2.20. The molecule has 0 aliphatic carbocycles. The van der Waals surface area contributed by atoms with Gasteiger partial charge in [0, 0.05) is 6.04 Å². The highest BCUT2D eigenvalue weighted by atomic mass is 16.5. The van der Waals surface area contributed by atoms with Crippen molar-refractivity contribution in [3.8, 4) is 5.75 Å². The van der Waals surface area contributed by atoms with Crippen molar-refractivity contribution in [2.75, 3.05) is 14.2 Å². The van der Waals surface area contributed by atoms with E-state index in [1.54, 1.807) is 7.11 Å². The van der Waals surface area contributed by atoms with Gasteiger partial charge < -0.3 is 10.1 Å². The Balaban J connectivity index is 2.77. The minimum absolute atomic E-state index is 0.460. The summed E-state index contributed by atoms with van der Waals surface area (Å²) in [6.45, 7) is 6.55. The average Bonchev–Trinajstić information content (AvgIpc) is 2.41. The predicted molar refractivity (Wildman–Crippen MR) is 83.0 cm³/mol. The molecule has 1 aromatic carbocycles. The molecule has 2 nitrogen and oxygen atoms in total. The number of methoxy groups -OCH3 is 1. The number of aryl methyl sites for hydroxylation is 2. The maximum Gasteiger partial charge on any atom is 0.122 e. The number of ether oxygens (including phenoxy) is 1. The number of benzene rings is 1. The summed E-state index contributed by atoms with van der Waals surface area (Å²) in [6, 6.07) is 4.89. The Hall–Kier alpha value is -1.02. The zero-order chi connectivity index (χ0) is 14.3. The summed E-state index contributed by atoms with van der Waals surface area (Å²) in [4.78, 5) is 0. The van der Waals surface area contributed by atoms with Crippen LogP contribution in [-0.4, -0.2) is 14.2 Å². The van der Waals surface area contributed by atoms with E-state index in [2.05, 4.69) is 45.3 Å². The molecule has 0 aromatic heterocycles. The second kappa shape index (κ2) is 8.21. The van der Waals surface area contributed by atoms with E-state index in [0.717, 1.165) is 5.75 Å². The Morgan fingerprint density at radius 2 is 1.84 bits per heavy atom. The van der Waals surface area contributed by atoms with Crippen LogP contribution in [0.1, 0.15) is 61.8 Å². The second-order valence-corrected chi connectivity index (χ2v) is 5.37. The number of unbranched alkanes of at least 4 members (excludes halogenated alkanes) is 3. The number of hydrogen-bond donors (Lipinski definition) is 1. The largest absolute Gasteiger partial charge is 0.496 e. The molecule has 0 saturated carbocycles. The summed E-state index contributed by atoms with van der Waals surface area (Å²) < 4.78 is 5.39. The smallest absolute Gasteiger partial charge is 0.122 e. The number of hydrogen-bond acceptors (Lipinski definition) is 2. The van der Waals surface area contributed by atoms with E-state index in [1.807, 2.05) is 0 Å². The van der Waals surface area contributed by atoms with Gasteiger partial charge in [0.25, 0.3) is 0 Å². The molecule has 19 heavy (non-hydrogen) atoms. The van der Waals surface area contributed by atoms with Crippen molar-refractivity contribution >= 4 is 0 Å². The van der Waals surface area contributed by atoms with Crippen LogP contribution in [0.25, 0.3) is 0 Å². The van der Waals surface area contributed by atoms with Gasteiger partial charge in [0.05, 0.1) is 7.11 Å². The Bertz CT molecular complexity index is 387. The van der Waals surface area contributed by atoms with Crippen molar-refractivity contribution in [2.45, 2.75) is 58.9 Å². The molecule has 1 N–H and O–H groups in total. The third kappa shape index (κ3) is 4.54. The summed E-state index contributed by atoms with van der Waals surface area (Å²) in [5.74, 6) is 0.988. The van der Waals surface area contributed by atoms with Gasteiger partial charge in [-0.1, -0.05) is 38.7 Å². The average molecular weight is 263 g/mol. The first kappa shape index (κ1) is 16.0. The molecule has 1 aromatic rings. The predicted octanol–water partition coefficient (Wildman–Crippen LogP) is 4.54. The molecule has 1 rings (SSSR count). The normalized spacial score (nSPS) is 12.5. The molecule has 2 heteroatoms. The Morgan fingerprint density at radius 1 is 1.11 bits per heavy atom. The van der Waals surface area contributed by atoms with E-state index < -0.39 is 0 Å². The van der Waals surface area contributed by atoms with Crippen LogP contribution in [0.4, 0.5) is 0 Å². The SMILES string of the molecule is CCCCCCC(NC)c1cc(C)c(OC)cc1C. The van der Waals surface area contributed by atoms with Gasteiger partial charge >= 0.3 is 0 Å². The first-order chi connectivity index (χ1) is 9.13. The van der Waals surface area contributed by atoms with E-state index in [9.17, 15) is 0 Å². The van der Waals surface area contributed by atoms with E-state index >= 15 is 0 Å². The van der Waals surface area contributed by atoms with Crippen LogP contribution in [0.5, 0.6) is 5.75 Å². The standard InChI is InChI=1S/C17H29NO/c1-6-7-8-9-10-16(18-4)15-11-14(3)17(19-5)12-13(15)2/h11-12,16,18H,6-10H2,1-5H3. The summed E-state index contributed by atoms with van der Waals surface area (Å²) in [7, 11) is 3.80. The zero-order valence-electron chi connectivity index (χ0n) is 13.2. The lowest BCUT2D eigenvalue weighted by Crippen LogP contribution is -2.17. The fourth-order valence-corrected chi connectivity index (χ4v) is 2.64. The van der Waals surface area contributed by atoms with Crippen LogP contribution >= 0.6 is 0 Å². The molecule has 1 unspecified atom stereocenters. The van der Waals surface area contributed by atoms with Gasteiger partial charge in [-0.2, -0.15) is 0 Å². The maximum atomic E-state index is 5.39. The third-order valence-electron chi connectivity index (χ3n) is 3.85. The van der Waals surface area contributed by atoms with Gasteiger partial charge in [-0.05, 0) is 50.1 Å². The molecule has 0 radical (unpaired) electrons. The van der Waals surface area contributed by atoms with Crippen molar-refractivity contribution in [3.05, 3.63) is 28.8 Å². The van der Waals surface area contributed by atoms with Crippen molar-refractivity contribution in [2.24, 2.45) is 0 Å². The van der Waals surface area contributed by atoms with E-state index in [0.29, 0.717) is 6.04 Å². The fourth-order valence-electron chi connectivity index (χ4n) is 2.64. The number of nitrogens with one attached hydrogen (secondary N) is 1. The summed E-state index contributed by atoms with van der Waals surface area (Å²) in [5.41, 5.74) is 3.95. The Morgan fingerprint density at radius 3 is 2.42 bits per heavy atom. The molecule has 0 spiro atoms. The van der Waals surface area contributed by atoms with Crippen LogP contribution < -0.4 is 10.1 Å². The van der Waals surface area contributed by atoms with Gasteiger partial charge in [-0.25, -0.2) is 0 Å². The van der Waals surface area contributed by atoms with E-state index in [-0.39, 0.29) is 0 Å². The molecular weight excluding hydrogens is 234 g/mol. The highest BCUT2D eigenvalue weighted by Gasteiger charge is 2.13. The summed E-state index contributed by atoms with van der Waals surface area (Å²) in [5, 5.41) is 3.46. The van der Waals surface area contributed by atoms with Crippen molar-refractivity contribution in [1.82, 2.24) is 5.32 Å². The molecule has 0 fully saturated rings. The lowest BCUT2D eigenvalue weighted by molar-refractivity contribution is 0.410. The van der Waals surface area contributed by atoms with Gasteiger partial charge in [0.1, 0.15) is 5.75 Å². The minimum Gasteiger partial charge on any atom is -0.496 e. The Labute approximate surface area is 118 Å². The molecular formula is C17H29NO. The van der Waals surface area contributed by atoms with Gasteiger partial charge in [-0.15, -0.1) is 0 Å². The minimum atomic E-state index is 0.460. The summed E-state index contributed by atoms with van der Waals surface area (Å²) in [6.07, 6.45) is 6.48. The van der Waals surface area contributed by atoms with Crippen LogP contribution in [0.2, 0.25) is 0 Å². The van der Waals surface area contributed by atoms with Crippen molar-refractivity contribution < 1.29 is 4.74 Å². The fraction of sp³-hybridized carbons (Fsp3) is 0.647. The molecule has 0 aliphatic heterocycles. The molecule has 0 saturated heterocycles. The molecule has 108 valence electrons. The monoisotopic (exact) mass is 263 g/mol. The van der Waals surface area contributed by atoms with Crippen LogP contribution in [0.3, 0.4) is 0 Å². The zero-order valence-corrected chi connectivity index (χ0v) is 13.2. The first-order valence-electron chi connectivity index (χ1n) is 7.46. The third-order valence-corrected chi connectivity index (χ3v) is 3.85. The molecule has 0 bridgehead atoms. The van der Waals surface area contributed by atoms with Crippen molar-refractivity contribution in [3.63, 3.8) is 0 Å². The van der Waals surface area contributed by atoms with Gasteiger partial charge in [-0.3, -0.25) is 0 Å². The quantitative estimate of drug-likeness (QED) is 0.695.